The molecular weight excluding hydrogens is 462 g/mol. The lowest BCUT2D eigenvalue weighted by Crippen LogP contribution is -1.97. The smallest absolute Gasteiger partial charge is 0.0431 e. The molecule has 0 unspecified atom stereocenters. The van der Waals surface area contributed by atoms with Gasteiger partial charge in [0, 0.05) is 6.61 Å². The fraction of sp³-hybridized carbons (Fsp3) is 1.00. The maximum atomic E-state index is 8.78. The van der Waals surface area contributed by atoms with Crippen LogP contribution in [0.15, 0.2) is 0 Å². The first kappa shape index (κ1) is 37.9. The van der Waals surface area contributed by atoms with Crippen LogP contribution in [0.4, 0.5) is 0 Å². The topological polar surface area (TPSA) is 46.2 Å². The zero-order chi connectivity index (χ0) is 27.5. The van der Waals surface area contributed by atoms with Crippen molar-refractivity contribution in [2.24, 2.45) is 5.73 Å². The Morgan fingerprint density at radius 2 is 0.342 bits per heavy atom. The molecule has 0 spiro atoms. The SMILES string of the molecule is NCCCCCCCCCCCCCCCCCCCCCCCCCCCCCCCCCCCCO. The predicted octanol–water partition coefficient (Wildman–Crippen LogP) is 12.2. The first-order chi connectivity index (χ1) is 18.9. The third-order valence-electron chi connectivity index (χ3n) is 8.61. The fourth-order valence-electron chi connectivity index (χ4n) is 5.91. The van der Waals surface area contributed by atoms with E-state index in [-0.39, 0.29) is 0 Å². The molecule has 38 heavy (non-hydrogen) atoms. The van der Waals surface area contributed by atoms with Gasteiger partial charge in [0.15, 0.2) is 0 Å². The van der Waals surface area contributed by atoms with Gasteiger partial charge in [-0.3, -0.25) is 0 Å². The molecule has 0 saturated heterocycles. The summed E-state index contributed by atoms with van der Waals surface area (Å²) in [7, 11) is 0. The number of hydrogen-bond donors (Lipinski definition) is 2. The van der Waals surface area contributed by atoms with Gasteiger partial charge in [0.2, 0.25) is 0 Å². The summed E-state index contributed by atoms with van der Waals surface area (Å²) in [6, 6.07) is 0. The third-order valence-corrected chi connectivity index (χ3v) is 8.61. The molecule has 2 nitrogen and oxygen atoms in total. The van der Waals surface area contributed by atoms with Crippen molar-refractivity contribution in [2.75, 3.05) is 13.2 Å². The van der Waals surface area contributed by atoms with E-state index in [0.29, 0.717) is 6.61 Å². The van der Waals surface area contributed by atoms with E-state index >= 15 is 0 Å². The maximum Gasteiger partial charge on any atom is 0.0431 e. The first-order valence-electron chi connectivity index (χ1n) is 18.2. The Bertz CT molecular complexity index is 350. The van der Waals surface area contributed by atoms with Crippen LogP contribution in [0, 0.1) is 0 Å². The average Bonchev–Trinajstić information content (AvgIpc) is 2.93. The molecule has 0 heterocycles. The van der Waals surface area contributed by atoms with Crippen molar-refractivity contribution in [3.63, 3.8) is 0 Å². The second-order valence-electron chi connectivity index (χ2n) is 12.5. The van der Waals surface area contributed by atoms with Crippen molar-refractivity contribution in [3.05, 3.63) is 0 Å². The van der Waals surface area contributed by atoms with Crippen LogP contribution in [-0.4, -0.2) is 18.3 Å². The minimum atomic E-state index is 0.373. The van der Waals surface area contributed by atoms with E-state index < -0.39 is 0 Å². The van der Waals surface area contributed by atoms with Crippen molar-refractivity contribution >= 4 is 0 Å². The van der Waals surface area contributed by atoms with Gasteiger partial charge in [0.1, 0.15) is 0 Å². The quantitative estimate of drug-likeness (QED) is 0.0789. The van der Waals surface area contributed by atoms with E-state index in [0.717, 1.165) is 13.0 Å². The second kappa shape index (κ2) is 36.9. The highest BCUT2D eigenvalue weighted by atomic mass is 16.2. The van der Waals surface area contributed by atoms with Gasteiger partial charge < -0.3 is 10.8 Å². The van der Waals surface area contributed by atoms with E-state index in [2.05, 4.69) is 0 Å². The van der Waals surface area contributed by atoms with Crippen molar-refractivity contribution in [1.29, 1.82) is 0 Å². The van der Waals surface area contributed by atoms with Gasteiger partial charge in [-0.2, -0.15) is 0 Å². The number of nitrogens with two attached hydrogens (primary N) is 1. The van der Waals surface area contributed by atoms with Crippen molar-refractivity contribution in [1.82, 2.24) is 0 Å². The van der Waals surface area contributed by atoms with Gasteiger partial charge in [-0.15, -0.1) is 0 Å². The molecule has 0 aromatic carbocycles. The number of rotatable bonds is 35. The summed E-state index contributed by atoms with van der Waals surface area (Å²) in [6.07, 6.45) is 48.4. The summed E-state index contributed by atoms with van der Waals surface area (Å²) in [5, 5.41) is 8.78. The molecule has 0 aromatic heterocycles. The highest BCUT2D eigenvalue weighted by Crippen LogP contribution is 2.17. The number of aliphatic hydroxyl groups excluding tert-OH is 1. The van der Waals surface area contributed by atoms with Crippen LogP contribution in [0.5, 0.6) is 0 Å². The van der Waals surface area contributed by atoms with E-state index in [9.17, 15) is 0 Å². The summed E-state index contributed by atoms with van der Waals surface area (Å²) < 4.78 is 0. The molecule has 0 aliphatic heterocycles. The highest BCUT2D eigenvalue weighted by molar-refractivity contribution is 4.53. The van der Waals surface area contributed by atoms with E-state index in [1.165, 1.54) is 212 Å². The molecule has 0 bridgehead atoms. The Balaban J connectivity index is 3.01. The summed E-state index contributed by atoms with van der Waals surface area (Å²) in [5.74, 6) is 0. The van der Waals surface area contributed by atoms with E-state index in [1.807, 2.05) is 0 Å². The molecule has 0 amide bonds. The van der Waals surface area contributed by atoms with Gasteiger partial charge in [0.25, 0.3) is 0 Å². The minimum Gasteiger partial charge on any atom is -0.396 e. The zero-order valence-corrected chi connectivity index (χ0v) is 26.5. The van der Waals surface area contributed by atoms with Crippen molar-refractivity contribution in [3.8, 4) is 0 Å². The van der Waals surface area contributed by atoms with Gasteiger partial charge in [-0.25, -0.2) is 0 Å². The van der Waals surface area contributed by atoms with Crippen molar-refractivity contribution < 1.29 is 5.11 Å². The second-order valence-corrected chi connectivity index (χ2v) is 12.5. The Kier molecular flexibility index (Phi) is 36.8. The number of hydrogen-bond acceptors (Lipinski definition) is 2. The first-order valence-corrected chi connectivity index (χ1v) is 18.2. The van der Waals surface area contributed by atoms with Crippen LogP contribution < -0.4 is 5.73 Å². The molecule has 0 radical (unpaired) electrons. The summed E-state index contributed by atoms with van der Waals surface area (Å²) in [4.78, 5) is 0. The Labute approximate surface area is 242 Å². The molecule has 0 aliphatic carbocycles. The lowest BCUT2D eigenvalue weighted by molar-refractivity contribution is 0.282. The van der Waals surface area contributed by atoms with Crippen LogP contribution in [0.25, 0.3) is 0 Å². The standard InChI is InChI=1S/C36H75NO/c37-35-33-31-29-27-25-23-21-19-17-15-13-11-9-7-5-3-1-2-4-6-8-10-12-14-16-18-20-22-24-26-28-30-32-34-36-38/h38H,1-37H2. The van der Waals surface area contributed by atoms with Crippen LogP contribution in [0.2, 0.25) is 0 Å². The molecule has 2 heteroatoms. The molecule has 0 fully saturated rings. The summed E-state index contributed by atoms with van der Waals surface area (Å²) >= 11 is 0. The van der Waals surface area contributed by atoms with Crippen molar-refractivity contribution in [2.45, 2.75) is 218 Å². The maximum absolute atomic E-state index is 8.78. The lowest BCUT2D eigenvalue weighted by atomic mass is 10.0. The molecule has 0 aromatic rings. The van der Waals surface area contributed by atoms with Crippen LogP contribution in [-0.2, 0) is 0 Å². The van der Waals surface area contributed by atoms with Crippen LogP contribution in [0.3, 0.4) is 0 Å². The van der Waals surface area contributed by atoms with Crippen LogP contribution in [0.1, 0.15) is 218 Å². The molecule has 0 aliphatic rings. The highest BCUT2D eigenvalue weighted by Gasteiger charge is 1.97. The van der Waals surface area contributed by atoms with Gasteiger partial charge >= 0.3 is 0 Å². The van der Waals surface area contributed by atoms with Gasteiger partial charge in [-0.05, 0) is 19.4 Å². The Morgan fingerprint density at radius 3 is 0.474 bits per heavy atom. The number of unbranched alkanes of at least 4 members (excludes halogenated alkanes) is 33. The van der Waals surface area contributed by atoms with E-state index in [4.69, 9.17) is 10.8 Å². The average molecular weight is 538 g/mol. The molecule has 0 atom stereocenters. The zero-order valence-electron chi connectivity index (χ0n) is 26.5. The van der Waals surface area contributed by atoms with Gasteiger partial charge in [0.05, 0.1) is 0 Å². The molecule has 3 N–H and O–H groups in total. The third kappa shape index (κ3) is 35.9. The largest absolute Gasteiger partial charge is 0.396 e. The fourth-order valence-corrected chi connectivity index (χ4v) is 5.91. The Morgan fingerprint density at radius 1 is 0.211 bits per heavy atom. The summed E-state index contributed by atoms with van der Waals surface area (Å²) in [5.41, 5.74) is 5.54. The monoisotopic (exact) mass is 538 g/mol. The molecular formula is C36H75NO. The number of aliphatic hydroxyl groups is 1. The molecule has 230 valence electrons. The van der Waals surface area contributed by atoms with Gasteiger partial charge in [-0.1, -0.05) is 205 Å². The molecule has 0 saturated carbocycles. The van der Waals surface area contributed by atoms with E-state index in [1.54, 1.807) is 0 Å². The van der Waals surface area contributed by atoms with Crippen LogP contribution >= 0.6 is 0 Å². The Hall–Kier alpha value is -0.0800. The molecule has 0 rings (SSSR count). The minimum absolute atomic E-state index is 0.373. The normalized spacial score (nSPS) is 11.5. The predicted molar refractivity (Wildman–Crippen MR) is 173 cm³/mol. The lowest BCUT2D eigenvalue weighted by Gasteiger charge is -2.05. The summed E-state index contributed by atoms with van der Waals surface area (Å²) in [6.45, 7) is 1.24.